The van der Waals surface area contributed by atoms with E-state index in [1.165, 1.54) is 24.3 Å². The van der Waals surface area contributed by atoms with Crippen LogP contribution in [-0.4, -0.2) is 22.3 Å². The van der Waals surface area contributed by atoms with Crippen LogP contribution in [0.1, 0.15) is 11.1 Å². The summed E-state index contributed by atoms with van der Waals surface area (Å²) in [6, 6.07) is 19.8. The summed E-state index contributed by atoms with van der Waals surface area (Å²) in [4.78, 5) is 29.3. The van der Waals surface area contributed by atoms with Gasteiger partial charge in [0, 0.05) is 36.7 Å². The summed E-state index contributed by atoms with van der Waals surface area (Å²) in [5.41, 5.74) is 3.10. The molecule has 3 aromatic rings. The zero-order valence-corrected chi connectivity index (χ0v) is 16.8. The minimum Gasteiger partial charge on any atom is -0.258 e. The molecule has 3 aromatic carbocycles. The van der Waals surface area contributed by atoms with Gasteiger partial charge in [0.05, 0.1) is 21.2 Å². The predicted octanol–water partition coefficient (Wildman–Crippen LogP) is 6.33. The van der Waals surface area contributed by atoms with Crippen LogP contribution < -0.4 is 0 Å². The third kappa shape index (κ3) is 6.39. The Labute approximate surface area is 183 Å². The molecule has 0 saturated heterocycles. The molecule has 158 valence electrons. The van der Waals surface area contributed by atoms with Gasteiger partial charge >= 0.3 is 0 Å². The number of para-hydroxylation sites is 2. The lowest BCUT2D eigenvalue weighted by molar-refractivity contribution is -0.385. The number of allylic oxidation sites excluding steroid dienone is 2. The summed E-state index contributed by atoms with van der Waals surface area (Å²) in [7, 11) is 0. The zero-order valence-electron chi connectivity index (χ0n) is 16.8. The van der Waals surface area contributed by atoms with Crippen molar-refractivity contribution in [3.05, 3.63) is 116 Å². The largest absolute Gasteiger partial charge is 0.269 e. The number of nitrogens with zero attached hydrogens (tertiary/aromatic N) is 4. The number of non-ortho nitro benzene ring substituents is 2. The van der Waals surface area contributed by atoms with Crippen LogP contribution in [-0.2, 0) is 0 Å². The molecule has 0 unspecified atom stereocenters. The summed E-state index contributed by atoms with van der Waals surface area (Å²) in [6.45, 7) is 0. The molecule has 0 radical (unpaired) electrons. The quantitative estimate of drug-likeness (QED) is 0.238. The fourth-order valence-corrected chi connectivity index (χ4v) is 2.65. The molecule has 0 heterocycles. The average Bonchev–Trinajstić information content (AvgIpc) is 2.81. The molecule has 0 bridgehead atoms. The second-order valence-electron chi connectivity index (χ2n) is 6.46. The van der Waals surface area contributed by atoms with Crippen molar-refractivity contribution in [3.63, 3.8) is 0 Å². The minimum atomic E-state index is -0.437. The lowest BCUT2D eigenvalue weighted by atomic mass is 10.2. The zero-order chi connectivity index (χ0) is 22.8. The standard InChI is InChI=1S/C24H18N4O4/c29-27(30)21-13-9-19(10-14-21)5-3-17-25-23-7-1-2-8-24(23)26-18-4-6-20-11-15-22(16-12-20)28(31)32/h1-18H/b5-3+,6-4+,25-17?,26-18?. The van der Waals surface area contributed by atoms with E-state index in [0.29, 0.717) is 11.4 Å². The second kappa shape index (κ2) is 10.9. The van der Waals surface area contributed by atoms with Crippen molar-refractivity contribution in [2.24, 2.45) is 9.98 Å². The highest BCUT2D eigenvalue weighted by Crippen LogP contribution is 2.26. The molecule has 0 aromatic heterocycles. The number of hydrogen-bond donors (Lipinski definition) is 0. The Hall–Kier alpha value is -4.72. The average molecular weight is 426 g/mol. The Kier molecular flexibility index (Phi) is 7.48. The maximum absolute atomic E-state index is 10.7. The number of hydrogen-bond acceptors (Lipinski definition) is 6. The molecule has 0 aliphatic carbocycles. The first-order valence-electron chi connectivity index (χ1n) is 9.52. The van der Waals surface area contributed by atoms with Crippen LogP contribution in [0.4, 0.5) is 22.7 Å². The molecule has 8 nitrogen and oxygen atoms in total. The Morgan fingerprint density at radius 1 is 0.594 bits per heavy atom. The highest BCUT2D eigenvalue weighted by molar-refractivity contribution is 5.85. The van der Waals surface area contributed by atoms with Gasteiger partial charge in [-0.2, -0.15) is 0 Å². The van der Waals surface area contributed by atoms with E-state index in [1.807, 2.05) is 24.3 Å². The molecule has 0 atom stereocenters. The van der Waals surface area contributed by atoms with Crippen molar-refractivity contribution < 1.29 is 9.85 Å². The van der Waals surface area contributed by atoms with Crippen molar-refractivity contribution in [2.75, 3.05) is 0 Å². The van der Waals surface area contributed by atoms with Crippen LogP contribution in [0.2, 0.25) is 0 Å². The van der Waals surface area contributed by atoms with Gasteiger partial charge in [-0.3, -0.25) is 30.2 Å². The molecule has 0 amide bonds. The first kappa shape index (κ1) is 22.0. The van der Waals surface area contributed by atoms with Crippen molar-refractivity contribution >= 4 is 47.3 Å². The molecule has 0 fully saturated rings. The molecule has 0 aliphatic heterocycles. The van der Waals surface area contributed by atoms with E-state index in [-0.39, 0.29) is 11.4 Å². The minimum absolute atomic E-state index is 0.0465. The van der Waals surface area contributed by atoms with E-state index >= 15 is 0 Å². The third-order valence-corrected chi connectivity index (χ3v) is 4.27. The highest BCUT2D eigenvalue weighted by Gasteiger charge is 2.03. The van der Waals surface area contributed by atoms with Crippen molar-refractivity contribution in [1.29, 1.82) is 0 Å². The lowest BCUT2D eigenvalue weighted by Gasteiger charge is -1.98. The van der Waals surface area contributed by atoms with E-state index < -0.39 is 9.85 Å². The molecule has 0 aliphatic rings. The Morgan fingerprint density at radius 2 is 0.969 bits per heavy atom. The first-order chi connectivity index (χ1) is 15.5. The van der Waals surface area contributed by atoms with Crippen LogP contribution in [0.5, 0.6) is 0 Å². The van der Waals surface area contributed by atoms with Gasteiger partial charge in [0.25, 0.3) is 11.4 Å². The Morgan fingerprint density at radius 3 is 1.31 bits per heavy atom. The molecule has 32 heavy (non-hydrogen) atoms. The van der Waals surface area contributed by atoms with E-state index in [2.05, 4.69) is 9.98 Å². The molecule has 3 rings (SSSR count). The number of aliphatic imine (C=N–C) groups is 2. The lowest BCUT2D eigenvalue weighted by Crippen LogP contribution is -1.86. The smallest absolute Gasteiger partial charge is 0.258 e. The fourth-order valence-electron chi connectivity index (χ4n) is 2.65. The van der Waals surface area contributed by atoms with Gasteiger partial charge < -0.3 is 0 Å². The van der Waals surface area contributed by atoms with E-state index in [0.717, 1.165) is 11.1 Å². The Balaban J connectivity index is 1.63. The van der Waals surface area contributed by atoms with Gasteiger partial charge in [0.2, 0.25) is 0 Å². The van der Waals surface area contributed by atoms with E-state index in [1.54, 1.807) is 61.0 Å². The summed E-state index contributed by atoms with van der Waals surface area (Å²) in [5.74, 6) is 0. The maximum atomic E-state index is 10.7. The number of nitro benzene ring substituents is 2. The van der Waals surface area contributed by atoms with Crippen LogP contribution in [0, 0.1) is 20.2 Å². The molecule has 0 spiro atoms. The van der Waals surface area contributed by atoms with Crippen LogP contribution in [0.3, 0.4) is 0 Å². The molecular formula is C24H18N4O4. The number of rotatable bonds is 8. The normalized spacial score (nSPS) is 11.8. The number of benzene rings is 3. The van der Waals surface area contributed by atoms with Crippen molar-refractivity contribution in [3.8, 4) is 0 Å². The van der Waals surface area contributed by atoms with Crippen LogP contribution in [0.25, 0.3) is 12.2 Å². The monoisotopic (exact) mass is 426 g/mol. The van der Waals surface area contributed by atoms with Crippen molar-refractivity contribution in [2.45, 2.75) is 0 Å². The first-order valence-corrected chi connectivity index (χ1v) is 9.52. The topological polar surface area (TPSA) is 111 Å². The van der Waals surface area contributed by atoms with Gasteiger partial charge in [0.15, 0.2) is 0 Å². The third-order valence-electron chi connectivity index (χ3n) is 4.27. The van der Waals surface area contributed by atoms with E-state index in [4.69, 9.17) is 0 Å². The number of nitro groups is 2. The summed E-state index contributed by atoms with van der Waals surface area (Å²) in [5, 5.41) is 21.4. The molecule has 0 saturated carbocycles. The van der Waals surface area contributed by atoms with Crippen LogP contribution >= 0.6 is 0 Å². The molecule has 8 heteroatoms. The summed E-state index contributed by atoms with van der Waals surface area (Å²) >= 11 is 0. The van der Waals surface area contributed by atoms with Crippen LogP contribution in [0.15, 0.2) is 94.9 Å². The van der Waals surface area contributed by atoms with Gasteiger partial charge in [-0.05, 0) is 59.7 Å². The molecule has 0 N–H and O–H groups in total. The van der Waals surface area contributed by atoms with Gasteiger partial charge in [-0.15, -0.1) is 0 Å². The SMILES string of the molecule is O=[N+]([O-])c1ccc(/C=C/C=Nc2ccccc2N=C/C=C/c2ccc([N+](=O)[O-])cc2)cc1. The summed E-state index contributed by atoms with van der Waals surface area (Å²) < 4.78 is 0. The maximum Gasteiger partial charge on any atom is 0.269 e. The van der Waals surface area contributed by atoms with Crippen molar-refractivity contribution in [1.82, 2.24) is 0 Å². The van der Waals surface area contributed by atoms with Gasteiger partial charge in [-0.1, -0.05) is 24.3 Å². The summed E-state index contributed by atoms with van der Waals surface area (Å²) in [6.07, 6.45) is 10.3. The Bertz CT molecular complexity index is 1120. The fraction of sp³-hybridized carbons (Fsp3) is 0. The van der Waals surface area contributed by atoms with Gasteiger partial charge in [0.1, 0.15) is 0 Å². The predicted molar refractivity (Wildman–Crippen MR) is 127 cm³/mol. The molecular weight excluding hydrogens is 408 g/mol. The second-order valence-corrected chi connectivity index (χ2v) is 6.46. The van der Waals surface area contributed by atoms with E-state index in [9.17, 15) is 20.2 Å². The van der Waals surface area contributed by atoms with Gasteiger partial charge in [-0.25, -0.2) is 0 Å². The highest BCUT2D eigenvalue weighted by atomic mass is 16.6.